The minimum atomic E-state index is -0.0113. The van der Waals surface area contributed by atoms with Crippen LogP contribution in [0.4, 0.5) is 0 Å². The zero-order chi connectivity index (χ0) is 16.8. The number of hydrogen-bond donors (Lipinski definition) is 0. The van der Waals surface area contributed by atoms with Crippen molar-refractivity contribution in [2.45, 2.75) is 52.4 Å². The summed E-state index contributed by atoms with van der Waals surface area (Å²) in [7, 11) is 0. The first kappa shape index (κ1) is 15.7. The average Bonchev–Trinajstić information content (AvgIpc) is 2.87. The minimum Gasteiger partial charge on any atom is -0.300 e. The van der Waals surface area contributed by atoms with Gasteiger partial charge in [0.2, 0.25) is 0 Å². The van der Waals surface area contributed by atoms with E-state index in [0.29, 0.717) is 0 Å². The SMILES string of the molecule is CC(C)(C)c1nc2c(-c3ccccc3)nccn2c1C(C)(C)C. The van der Waals surface area contributed by atoms with Crippen LogP contribution in [-0.2, 0) is 10.8 Å². The highest BCUT2D eigenvalue weighted by Gasteiger charge is 2.31. The van der Waals surface area contributed by atoms with Crippen molar-refractivity contribution in [2.24, 2.45) is 0 Å². The van der Waals surface area contributed by atoms with Gasteiger partial charge in [0.05, 0.1) is 11.4 Å². The maximum atomic E-state index is 5.03. The number of rotatable bonds is 1. The van der Waals surface area contributed by atoms with E-state index in [9.17, 15) is 0 Å². The number of hydrogen-bond acceptors (Lipinski definition) is 2. The van der Waals surface area contributed by atoms with E-state index < -0.39 is 0 Å². The lowest BCUT2D eigenvalue weighted by Crippen LogP contribution is -2.23. The van der Waals surface area contributed by atoms with E-state index in [1.807, 2.05) is 30.6 Å². The van der Waals surface area contributed by atoms with Gasteiger partial charge >= 0.3 is 0 Å². The standard InChI is InChI=1S/C20H25N3/c1-19(2,3)16-17(20(4,5)6)23-13-12-21-15(18(23)22-16)14-10-8-7-9-11-14/h7-13H,1-6H3. The Morgan fingerprint density at radius 3 is 2.09 bits per heavy atom. The van der Waals surface area contributed by atoms with E-state index in [4.69, 9.17) is 4.98 Å². The molecule has 0 aliphatic heterocycles. The Morgan fingerprint density at radius 1 is 0.870 bits per heavy atom. The molecule has 0 aliphatic carbocycles. The molecule has 0 atom stereocenters. The Labute approximate surface area is 138 Å². The zero-order valence-corrected chi connectivity index (χ0v) is 14.9. The fourth-order valence-corrected chi connectivity index (χ4v) is 3.02. The monoisotopic (exact) mass is 307 g/mol. The van der Waals surface area contributed by atoms with E-state index in [0.717, 1.165) is 22.6 Å². The van der Waals surface area contributed by atoms with Crippen LogP contribution in [0.5, 0.6) is 0 Å². The van der Waals surface area contributed by atoms with Crippen molar-refractivity contribution in [2.75, 3.05) is 0 Å². The number of fused-ring (bicyclic) bond motifs is 1. The van der Waals surface area contributed by atoms with Gasteiger partial charge in [0, 0.05) is 28.8 Å². The maximum absolute atomic E-state index is 5.03. The lowest BCUT2D eigenvalue weighted by atomic mass is 9.82. The van der Waals surface area contributed by atoms with Crippen LogP contribution in [0.1, 0.15) is 52.9 Å². The summed E-state index contributed by atoms with van der Waals surface area (Å²) in [5.74, 6) is 0. The Balaban J connectivity index is 2.39. The molecule has 0 saturated carbocycles. The van der Waals surface area contributed by atoms with Crippen molar-refractivity contribution in [3.63, 3.8) is 0 Å². The molecule has 3 aromatic rings. The number of nitrogens with zero attached hydrogens (tertiary/aromatic N) is 3. The summed E-state index contributed by atoms with van der Waals surface area (Å²) in [5.41, 5.74) is 5.39. The fourth-order valence-electron chi connectivity index (χ4n) is 3.02. The fraction of sp³-hybridized carbons (Fsp3) is 0.400. The van der Waals surface area contributed by atoms with Crippen LogP contribution in [0.3, 0.4) is 0 Å². The molecule has 2 heterocycles. The van der Waals surface area contributed by atoms with Gasteiger partial charge in [0.25, 0.3) is 0 Å². The van der Waals surface area contributed by atoms with Crippen molar-refractivity contribution >= 4 is 5.65 Å². The largest absolute Gasteiger partial charge is 0.300 e. The van der Waals surface area contributed by atoms with Crippen LogP contribution >= 0.6 is 0 Å². The second-order valence-electron chi connectivity index (χ2n) is 8.14. The normalized spacial score (nSPS) is 12.8. The van der Waals surface area contributed by atoms with Crippen molar-refractivity contribution < 1.29 is 0 Å². The first-order valence-corrected chi connectivity index (χ1v) is 8.13. The van der Waals surface area contributed by atoms with Gasteiger partial charge in [0.1, 0.15) is 5.69 Å². The minimum absolute atomic E-state index is 0.0113. The summed E-state index contributed by atoms with van der Waals surface area (Å²) in [6, 6.07) is 10.3. The van der Waals surface area contributed by atoms with Crippen LogP contribution in [0.15, 0.2) is 42.7 Å². The summed E-state index contributed by atoms with van der Waals surface area (Å²) in [6.45, 7) is 13.4. The lowest BCUT2D eigenvalue weighted by molar-refractivity contribution is 0.506. The first-order chi connectivity index (χ1) is 10.7. The molecule has 0 amide bonds. The molecule has 3 heteroatoms. The van der Waals surface area contributed by atoms with Gasteiger partial charge in [-0.3, -0.25) is 9.38 Å². The highest BCUT2D eigenvalue weighted by atomic mass is 15.1. The van der Waals surface area contributed by atoms with E-state index in [-0.39, 0.29) is 10.8 Å². The molecule has 0 unspecified atom stereocenters. The van der Waals surface area contributed by atoms with Gasteiger partial charge in [-0.25, -0.2) is 4.98 Å². The Bertz CT molecular complexity index is 831. The Morgan fingerprint density at radius 2 is 1.52 bits per heavy atom. The van der Waals surface area contributed by atoms with Gasteiger partial charge in [-0.1, -0.05) is 71.9 Å². The lowest BCUT2D eigenvalue weighted by Gasteiger charge is -2.25. The van der Waals surface area contributed by atoms with Crippen molar-refractivity contribution in [1.82, 2.24) is 14.4 Å². The zero-order valence-electron chi connectivity index (χ0n) is 14.9. The molecule has 120 valence electrons. The highest BCUT2D eigenvalue weighted by molar-refractivity contribution is 5.74. The number of imidazole rings is 1. The predicted molar refractivity (Wildman–Crippen MR) is 95.8 cm³/mol. The molecule has 23 heavy (non-hydrogen) atoms. The van der Waals surface area contributed by atoms with Gasteiger partial charge in [0.15, 0.2) is 5.65 Å². The second kappa shape index (κ2) is 5.19. The van der Waals surface area contributed by atoms with Crippen LogP contribution in [0.2, 0.25) is 0 Å². The van der Waals surface area contributed by atoms with E-state index in [1.54, 1.807) is 0 Å². The molecular weight excluding hydrogens is 282 g/mol. The summed E-state index contributed by atoms with van der Waals surface area (Å²) >= 11 is 0. The molecule has 1 aromatic carbocycles. The molecule has 3 rings (SSSR count). The third-order valence-corrected chi connectivity index (χ3v) is 4.01. The summed E-state index contributed by atoms with van der Waals surface area (Å²) in [6.07, 6.45) is 3.91. The van der Waals surface area contributed by atoms with E-state index in [2.05, 4.69) is 63.1 Å². The van der Waals surface area contributed by atoms with E-state index in [1.165, 1.54) is 5.69 Å². The molecule has 0 saturated heterocycles. The smallest absolute Gasteiger partial charge is 0.164 e. The van der Waals surface area contributed by atoms with Gasteiger partial charge in [-0.05, 0) is 0 Å². The third kappa shape index (κ3) is 2.76. The highest BCUT2D eigenvalue weighted by Crippen LogP contribution is 2.35. The number of benzene rings is 1. The molecule has 2 aromatic heterocycles. The van der Waals surface area contributed by atoms with Crippen LogP contribution < -0.4 is 0 Å². The van der Waals surface area contributed by atoms with Gasteiger partial charge in [-0.2, -0.15) is 0 Å². The van der Waals surface area contributed by atoms with Gasteiger partial charge < -0.3 is 0 Å². The molecule has 0 N–H and O–H groups in total. The van der Waals surface area contributed by atoms with Crippen LogP contribution in [0.25, 0.3) is 16.9 Å². The average molecular weight is 307 g/mol. The topological polar surface area (TPSA) is 30.2 Å². The summed E-state index contributed by atoms with van der Waals surface area (Å²) < 4.78 is 2.22. The number of aromatic nitrogens is 3. The first-order valence-electron chi connectivity index (χ1n) is 8.13. The molecule has 3 nitrogen and oxygen atoms in total. The molecule has 0 bridgehead atoms. The van der Waals surface area contributed by atoms with Gasteiger partial charge in [-0.15, -0.1) is 0 Å². The molecule has 0 fully saturated rings. The quantitative estimate of drug-likeness (QED) is 0.634. The van der Waals surface area contributed by atoms with Crippen LogP contribution in [-0.4, -0.2) is 14.4 Å². The van der Waals surface area contributed by atoms with E-state index >= 15 is 0 Å². The van der Waals surface area contributed by atoms with Crippen molar-refractivity contribution in [3.05, 3.63) is 54.1 Å². The van der Waals surface area contributed by atoms with Crippen molar-refractivity contribution in [3.8, 4) is 11.3 Å². The molecule has 0 radical (unpaired) electrons. The molecule has 0 spiro atoms. The Kier molecular flexibility index (Phi) is 3.55. The Hall–Kier alpha value is -2.16. The van der Waals surface area contributed by atoms with Crippen molar-refractivity contribution in [1.29, 1.82) is 0 Å². The third-order valence-electron chi connectivity index (χ3n) is 4.01. The summed E-state index contributed by atoms with van der Waals surface area (Å²) in [4.78, 5) is 9.64. The summed E-state index contributed by atoms with van der Waals surface area (Å²) in [5, 5.41) is 0. The molecule has 0 aliphatic rings. The molecular formula is C20H25N3. The maximum Gasteiger partial charge on any atom is 0.164 e. The van der Waals surface area contributed by atoms with Crippen LogP contribution in [0, 0.1) is 0 Å². The second-order valence-corrected chi connectivity index (χ2v) is 8.14. The predicted octanol–water partition coefficient (Wildman–Crippen LogP) is 4.99.